The maximum absolute atomic E-state index is 12.7. The van der Waals surface area contributed by atoms with Gasteiger partial charge in [0.25, 0.3) is 16.7 Å². The van der Waals surface area contributed by atoms with E-state index in [1.54, 1.807) is 48.5 Å². The molecule has 0 bridgehead atoms. The molecule has 1 aromatic heterocycles. The molecule has 0 spiro atoms. The number of H-pyrrole nitrogens is 1. The molecule has 11 heteroatoms. The standard InChI is InChI=1S/C25H24ClN5O4S/c1-2-30(14-21-28-19-10-6-4-8-17(19)23(33)29-21)15-22(32)27-11-12-31-24(34)20(36-25(31)35)13-16-7-3-5-9-18(16)26/h3-10,13H,2,11-12,14-15H2,1H3,(H,27,32)(H,28,29,33)/b20-13-. The van der Waals surface area contributed by atoms with Crippen LogP contribution in [-0.2, 0) is 16.1 Å². The Kier molecular flexibility index (Phi) is 8.19. The van der Waals surface area contributed by atoms with Gasteiger partial charge in [0.2, 0.25) is 5.91 Å². The molecule has 1 fully saturated rings. The van der Waals surface area contributed by atoms with Crippen molar-refractivity contribution in [3.05, 3.63) is 80.2 Å². The lowest BCUT2D eigenvalue weighted by atomic mass is 10.2. The largest absolute Gasteiger partial charge is 0.353 e. The summed E-state index contributed by atoms with van der Waals surface area (Å²) in [5.74, 6) is -0.212. The SMILES string of the molecule is CCN(CC(=O)NCCN1C(=O)S/C(=C\c2ccccc2Cl)C1=O)Cc1nc2ccccc2c(=O)[nH]1. The van der Waals surface area contributed by atoms with Gasteiger partial charge in [0, 0.05) is 18.1 Å². The number of aromatic amines is 1. The number of aromatic nitrogens is 2. The molecule has 3 aromatic rings. The van der Waals surface area contributed by atoms with Gasteiger partial charge < -0.3 is 10.3 Å². The minimum absolute atomic E-state index is 0.0575. The van der Waals surface area contributed by atoms with Gasteiger partial charge in [-0.1, -0.05) is 48.9 Å². The Labute approximate surface area is 216 Å². The van der Waals surface area contributed by atoms with Gasteiger partial charge in [-0.25, -0.2) is 4.98 Å². The molecule has 1 aliphatic heterocycles. The van der Waals surface area contributed by atoms with Crippen LogP contribution in [0.2, 0.25) is 5.02 Å². The van der Waals surface area contributed by atoms with Crippen molar-refractivity contribution in [2.24, 2.45) is 0 Å². The summed E-state index contributed by atoms with van der Waals surface area (Å²) in [4.78, 5) is 60.3. The first-order valence-electron chi connectivity index (χ1n) is 11.3. The summed E-state index contributed by atoms with van der Waals surface area (Å²) in [5, 5.41) is 3.35. The van der Waals surface area contributed by atoms with Gasteiger partial charge >= 0.3 is 0 Å². The Balaban J connectivity index is 1.30. The van der Waals surface area contributed by atoms with E-state index in [9.17, 15) is 19.2 Å². The molecule has 0 radical (unpaired) electrons. The predicted molar refractivity (Wildman–Crippen MR) is 140 cm³/mol. The Morgan fingerprint density at radius 2 is 1.92 bits per heavy atom. The van der Waals surface area contributed by atoms with E-state index in [0.717, 1.165) is 16.7 Å². The fourth-order valence-electron chi connectivity index (χ4n) is 3.69. The number of likely N-dealkylation sites (N-methyl/N-ethyl adjacent to an activating group) is 1. The lowest BCUT2D eigenvalue weighted by Gasteiger charge is -2.20. The van der Waals surface area contributed by atoms with E-state index in [4.69, 9.17) is 11.6 Å². The van der Waals surface area contributed by atoms with E-state index < -0.39 is 11.1 Å². The van der Waals surface area contributed by atoms with E-state index in [1.165, 1.54) is 0 Å². The van der Waals surface area contributed by atoms with Crippen molar-refractivity contribution in [2.45, 2.75) is 13.5 Å². The van der Waals surface area contributed by atoms with Crippen LogP contribution in [0.25, 0.3) is 17.0 Å². The smallest absolute Gasteiger partial charge is 0.293 e. The molecule has 4 rings (SSSR count). The molecule has 3 amide bonds. The molecule has 9 nitrogen and oxygen atoms in total. The summed E-state index contributed by atoms with van der Waals surface area (Å²) in [7, 11) is 0. The fourth-order valence-corrected chi connectivity index (χ4v) is 4.74. The Hall–Kier alpha value is -3.47. The monoisotopic (exact) mass is 525 g/mol. The highest BCUT2D eigenvalue weighted by atomic mass is 35.5. The lowest BCUT2D eigenvalue weighted by molar-refractivity contribution is -0.124. The van der Waals surface area contributed by atoms with Crippen molar-refractivity contribution in [1.82, 2.24) is 25.1 Å². The number of amides is 3. The highest BCUT2D eigenvalue weighted by Gasteiger charge is 2.34. The summed E-state index contributed by atoms with van der Waals surface area (Å²) in [6.45, 7) is 3.00. The Bertz CT molecular complexity index is 1410. The molecule has 1 saturated heterocycles. The van der Waals surface area contributed by atoms with Gasteiger partial charge in [-0.2, -0.15) is 0 Å². The van der Waals surface area contributed by atoms with Crippen molar-refractivity contribution < 1.29 is 14.4 Å². The molecule has 1 aliphatic rings. The average molecular weight is 526 g/mol. The topological polar surface area (TPSA) is 115 Å². The third-order valence-corrected chi connectivity index (χ3v) is 6.82. The minimum atomic E-state index is -0.416. The maximum atomic E-state index is 12.7. The van der Waals surface area contributed by atoms with Crippen LogP contribution in [0.4, 0.5) is 4.79 Å². The summed E-state index contributed by atoms with van der Waals surface area (Å²) in [6.07, 6.45) is 1.59. The second kappa shape index (κ2) is 11.5. The summed E-state index contributed by atoms with van der Waals surface area (Å²) >= 11 is 6.99. The van der Waals surface area contributed by atoms with Gasteiger partial charge in [0.15, 0.2) is 0 Å². The molecule has 2 heterocycles. The first kappa shape index (κ1) is 25.6. The van der Waals surface area contributed by atoms with Crippen LogP contribution in [0.3, 0.4) is 0 Å². The van der Waals surface area contributed by atoms with Gasteiger partial charge in [-0.3, -0.25) is 29.0 Å². The second-order valence-corrected chi connectivity index (χ2v) is 9.44. The molecule has 2 aromatic carbocycles. The lowest BCUT2D eigenvalue weighted by Crippen LogP contribution is -2.41. The fraction of sp³-hybridized carbons (Fsp3) is 0.240. The van der Waals surface area contributed by atoms with Crippen molar-refractivity contribution in [3.63, 3.8) is 0 Å². The van der Waals surface area contributed by atoms with E-state index in [1.807, 2.05) is 17.9 Å². The molecule has 0 unspecified atom stereocenters. The third-order valence-electron chi connectivity index (χ3n) is 5.57. The summed E-state index contributed by atoms with van der Waals surface area (Å²) in [6, 6.07) is 14.1. The first-order valence-corrected chi connectivity index (χ1v) is 12.5. The Morgan fingerprint density at radius 3 is 2.69 bits per heavy atom. The zero-order valence-electron chi connectivity index (χ0n) is 19.5. The number of hydrogen-bond donors (Lipinski definition) is 2. The van der Waals surface area contributed by atoms with Gasteiger partial charge in [-0.05, 0) is 48.1 Å². The van der Waals surface area contributed by atoms with Crippen LogP contribution in [0.5, 0.6) is 0 Å². The quantitative estimate of drug-likeness (QED) is 0.412. The average Bonchev–Trinajstić information content (AvgIpc) is 3.12. The van der Waals surface area contributed by atoms with Gasteiger partial charge in [0.05, 0.1) is 28.9 Å². The number of nitrogens with zero attached hydrogens (tertiary/aromatic N) is 3. The van der Waals surface area contributed by atoms with Crippen molar-refractivity contribution in [3.8, 4) is 0 Å². The van der Waals surface area contributed by atoms with E-state index >= 15 is 0 Å². The highest BCUT2D eigenvalue weighted by Crippen LogP contribution is 2.33. The minimum Gasteiger partial charge on any atom is -0.353 e. The number of thioether (sulfide) groups is 1. The number of rotatable bonds is 9. The number of fused-ring (bicyclic) bond motifs is 1. The van der Waals surface area contributed by atoms with E-state index in [2.05, 4.69) is 15.3 Å². The number of halogens is 1. The van der Waals surface area contributed by atoms with Crippen molar-refractivity contribution in [1.29, 1.82) is 0 Å². The molecule has 0 atom stereocenters. The molecular weight excluding hydrogens is 502 g/mol. The van der Waals surface area contributed by atoms with Crippen LogP contribution in [-0.4, -0.2) is 63.0 Å². The highest BCUT2D eigenvalue weighted by molar-refractivity contribution is 8.18. The van der Waals surface area contributed by atoms with Crippen LogP contribution < -0.4 is 10.9 Å². The number of para-hydroxylation sites is 1. The number of hydrogen-bond acceptors (Lipinski definition) is 7. The summed E-state index contributed by atoms with van der Waals surface area (Å²) in [5.41, 5.74) is 1.02. The molecule has 36 heavy (non-hydrogen) atoms. The number of carbonyl (C=O) groups is 3. The number of benzene rings is 2. The van der Waals surface area contributed by atoms with Crippen LogP contribution in [0, 0.1) is 0 Å². The van der Waals surface area contributed by atoms with E-state index in [0.29, 0.717) is 40.4 Å². The number of imide groups is 1. The zero-order chi connectivity index (χ0) is 25.7. The van der Waals surface area contributed by atoms with Gasteiger partial charge in [-0.15, -0.1) is 0 Å². The molecule has 0 aliphatic carbocycles. The molecule has 0 saturated carbocycles. The Morgan fingerprint density at radius 1 is 1.17 bits per heavy atom. The van der Waals surface area contributed by atoms with Crippen molar-refractivity contribution >= 4 is 57.4 Å². The molecule has 186 valence electrons. The third kappa shape index (κ3) is 6.01. The van der Waals surface area contributed by atoms with Crippen LogP contribution >= 0.6 is 23.4 Å². The second-order valence-electron chi connectivity index (χ2n) is 8.04. The van der Waals surface area contributed by atoms with Crippen LogP contribution in [0.15, 0.2) is 58.2 Å². The van der Waals surface area contributed by atoms with Crippen LogP contribution in [0.1, 0.15) is 18.3 Å². The zero-order valence-corrected chi connectivity index (χ0v) is 21.1. The number of carbonyl (C=O) groups excluding carboxylic acids is 3. The molecule has 2 N–H and O–H groups in total. The normalized spacial score (nSPS) is 14.9. The van der Waals surface area contributed by atoms with Crippen molar-refractivity contribution in [2.75, 3.05) is 26.2 Å². The first-order chi connectivity index (χ1) is 17.4. The molecular formula is C25H24ClN5O4S. The number of nitrogens with one attached hydrogen (secondary N) is 2. The maximum Gasteiger partial charge on any atom is 0.293 e. The van der Waals surface area contributed by atoms with Gasteiger partial charge in [0.1, 0.15) is 5.82 Å². The van der Waals surface area contributed by atoms with E-state index in [-0.39, 0.29) is 36.0 Å². The predicted octanol–water partition coefficient (Wildman–Crippen LogP) is 3.25. The summed E-state index contributed by atoms with van der Waals surface area (Å²) < 4.78 is 0.